The Morgan fingerprint density at radius 3 is 1.52 bits per heavy atom. The molecule has 27 heavy (non-hydrogen) atoms. The third-order valence-electron chi connectivity index (χ3n) is 3.91. The predicted octanol–water partition coefficient (Wildman–Crippen LogP) is 2.90. The van der Waals surface area contributed by atoms with Crippen LogP contribution in [0.5, 0.6) is 0 Å². The van der Waals surface area contributed by atoms with Gasteiger partial charge in [-0.15, -0.1) is 0 Å². The van der Waals surface area contributed by atoms with Crippen LogP contribution in [-0.4, -0.2) is 11.9 Å². The van der Waals surface area contributed by atoms with Gasteiger partial charge in [0.15, 0.2) is 0 Å². The fourth-order valence-corrected chi connectivity index (χ4v) is 2.60. The minimum atomic E-state index is -1.22. The van der Waals surface area contributed by atoms with Crippen molar-refractivity contribution < 1.29 is 23.2 Å². The van der Waals surface area contributed by atoms with Gasteiger partial charge in [-0.05, 0) is 24.3 Å². The Labute approximate surface area is 150 Å². The number of esters is 2. The van der Waals surface area contributed by atoms with Crippen LogP contribution in [0.25, 0.3) is 21.9 Å². The number of para-hydroxylation sites is 2. The van der Waals surface area contributed by atoms with Crippen molar-refractivity contribution in [1.82, 2.24) is 0 Å². The number of benzene rings is 2. The molecule has 0 atom stereocenters. The molecule has 0 bridgehead atoms. The molecule has 0 fully saturated rings. The first kappa shape index (κ1) is 16.5. The highest BCUT2D eigenvalue weighted by Crippen LogP contribution is 2.15. The van der Waals surface area contributed by atoms with E-state index in [2.05, 4.69) is 4.74 Å². The molecule has 4 rings (SSSR count). The molecule has 4 aromatic rings. The van der Waals surface area contributed by atoms with E-state index in [-0.39, 0.29) is 0 Å². The molecule has 0 saturated carbocycles. The fourth-order valence-electron chi connectivity index (χ4n) is 2.60. The van der Waals surface area contributed by atoms with Gasteiger partial charge >= 0.3 is 23.2 Å². The fraction of sp³-hybridized carbons (Fsp3) is 0. The maximum Gasteiger partial charge on any atom is 0.353 e. The summed E-state index contributed by atoms with van der Waals surface area (Å²) in [5.74, 6) is -2.43. The first-order valence-corrected chi connectivity index (χ1v) is 7.85. The van der Waals surface area contributed by atoms with Crippen molar-refractivity contribution in [3.05, 3.63) is 92.6 Å². The number of hydrogen-bond donors (Lipinski definition) is 0. The smallest absolute Gasteiger partial charge is 0.353 e. The Balaban J connectivity index is 1.68. The zero-order valence-electron chi connectivity index (χ0n) is 13.6. The Bertz CT molecular complexity index is 1220. The average molecular weight is 362 g/mol. The second kappa shape index (κ2) is 6.38. The summed E-state index contributed by atoms with van der Waals surface area (Å²) in [6.45, 7) is 0. The number of hydrogen-bond acceptors (Lipinski definition) is 7. The van der Waals surface area contributed by atoms with Gasteiger partial charge < -0.3 is 13.6 Å². The van der Waals surface area contributed by atoms with Crippen LogP contribution in [0, 0.1) is 0 Å². The number of carbonyl (C=O) groups is 2. The zero-order valence-corrected chi connectivity index (χ0v) is 13.6. The molecule has 0 spiro atoms. The molecule has 0 N–H and O–H groups in total. The molecule has 0 saturated heterocycles. The maximum atomic E-state index is 12.2. The molecule has 0 radical (unpaired) electrons. The Hall–Kier alpha value is -4.00. The molecule has 0 aliphatic rings. The maximum absolute atomic E-state index is 12.2. The van der Waals surface area contributed by atoms with E-state index in [1.807, 2.05) is 0 Å². The highest BCUT2D eigenvalue weighted by Gasteiger charge is 2.22. The lowest BCUT2D eigenvalue weighted by molar-refractivity contribution is 0.0392. The van der Waals surface area contributed by atoms with E-state index >= 15 is 0 Å². The van der Waals surface area contributed by atoms with Gasteiger partial charge in [-0.3, -0.25) is 0 Å². The van der Waals surface area contributed by atoms with Crippen LogP contribution >= 0.6 is 0 Å². The minimum Gasteiger partial charge on any atom is -0.422 e. The van der Waals surface area contributed by atoms with Gasteiger partial charge in [-0.2, -0.15) is 0 Å². The second-order valence-corrected chi connectivity index (χ2v) is 5.65. The first-order valence-electron chi connectivity index (χ1n) is 7.85. The van der Waals surface area contributed by atoms with E-state index in [1.54, 1.807) is 48.5 Å². The van der Waals surface area contributed by atoms with Crippen LogP contribution in [0.2, 0.25) is 0 Å². The van der Waals surface area contributed by atoms with Gasteiger partial charge in [0.1, 0.15) is 22.3 Å². The Morgan fingerprint density at radius 2 is 1.07 bits per heavy atom. The van der Waals surface area contributed by atoms with Crippen LogP contribution in [0.15, 0.2) is 79.1 Å². The van der Waals surface area contributed by atoms with E-state index < -0.39 is 34.3 Å². The lowest BCUT2D eigenvalue weighted by Gasteiger charge is -2.04. The normalized spacial score (nSPS) is 10.8. The van der Waals surface area contributed by atoms with E-state index in [0.29, 0.717) is 21.9 Å². The minimum absolute atomic E-state index is 0.292. The standard InChI is InChI=1S/C20H10O7/c21-17-13(9-11-5-1-3-7-15(11)25-17)19(23)27-20(24)14-10-12-6-2-4-8-16(12)26-18(14)22/h1-10H. The summed E-state index contributed by atoms with van der Waals surface area (Å²) in [4.78, 5) is 48.4. The molecule has 0 amide bonds. The van der Waals surface area contributed by atoms with Gasteiger partial charge in [0.2, 0.25) is 0 Å². The highest BCUT2D eigenvalue weighted by molar-refractivity contribution is 6.04. The summed E-state index contributed by atoms with van der Waals surface area (Å²) in [6, 6.07) is 15.7. The number of carbonyl (C=O) groups excluding carboxylic acids is 2. The van der Waals surface area contributed by atoms with Crippen molar-refractivity contribution >= 4 is 33.9 Å². The summed E-state index contributed by atoms with van der Waals surface area (Å²) < 4.78 is 14.8. The molecular formula is C20H10O7. The molecule has 2 aromatic carbocycles. The Morgan fingerprint density at radius 1 is 0.667 bits per heavy atom. The van der Waals surface area contributed by atoms with Gasteiger partial charge in [-0.1, -0.05) is 36.4 Å². The Kier molecular flexibility index (Phi) is 3.89. The first-order chi connectivity index (χ1) is 13.0. The molecule has 7 heteroatoms. The molecule has 0 aliphatic carbocycles. The van der Waals surface area contributed by atoms with Gasteiger partial charge in [-0.25, -0.2) is 19.2 Å². The van der Waals surface area contributed by atoms with Crippen molar-refractivity contribution in [1.29, 1.82) is 0 Å². The number of fused-ring (bicyclic) bond motifs is 2. The van der Waals surface area contributed by atoms with Crippen LogP contribution in [-0.2, 0) is 4.74 Å². The van der Waals surface area contributed by atoms with E-state index in [4.69, 9.17) is 8.83 Å². The molecule has 2 aromatic heterocycles. The second-order valence-electron chi connectivity index (χ2n) is 5.65. The van der Waals surface area contributed by atoms with Gasteiger partial charge in [0.05, 0.1) is 0 Å². The third kappa shape index (κ3) is 3.02. The summed E-state index contributed by atoms with van der Waals surface area (Å²) in [7, 11) is 0. The van der Waals surface area contributed by atoms with Crippen molar-refractivity contribution in [2.45, 2.75) is 0 Å². The van der Waals surface area contributed by atoms with Crippen molar-refractivity contribution in [3.8, 4) is 0 Å². The average Bonchev–Trinajstić information content (AvgIpc) is 2.66. The van der Waals surface area contributed by atoms with E-state index in [1.165, 1.54) is 12.1 Å². The monoisotopic (exact) mass is 362 g/mol. The number of ether oxygens (including phenoxy) is 1. The summed E-state index contributed by atoms with van der Waals surface area (Å²) >= 11 is 0. The van der Waals surface area contributed by atoms with Crippen LogP contribution in [0.1, 0.15) is 20.7 Å². The van der Waals surface area contributed by atoms with Crippen LogP contribution in [0.4, 0.5) is 0 Å². The van der Waals surface area contributed by atoms with Crippen molar-refractivity contribution in [3.63, 3.8) is 0 Å². The summed E-state index contributed by atoms with van der Waals surface area (Å²) in [6.07, 6.45) is 0. The van der Waals surface area contributed by atoms with Gasteiger partial charge in [0, 0.05) is 10.8 Å². The van der Waals surface area contributed by atoms with Gasteiger partial charge in [0.25, 0.3) is 0 Å². The lowest BCUT2D eigenvalue weighted by Crippen LogP contribution is -2.23. The topological polar surface area (TPSA) is 104 Å². The number of rotatable bonds is 2. The predicted molar refractivity (Wildman–Crippen MR) is 94.7 cm³/mol. The molecule has 0 unspecified atom stereocenters. The summed E-state index contributed by atoms with van der Waals surface area (Å²) in [5, 5.41) is 0.975. The molecule has 7 nitrogen and oxygen atoms in total. The molecular weight excluding hydrogens is 352 g/mol. The molecule has 2 heterocycles. The van der Waals surface area contributed by atoms with Crippen LogP contribution in [0.3, 0.4) is 0 Å². The van der Waals surface area contributed by atoms with Crippen LogP contribution < -0.4 is 11.3 Å². The quantitative estimate of drug-likeness (QED) is 0.307. The van der Waals surface area contributed by atoms with Crippen molar-refractivity contribution in [2.75, 3.05) is 0 Å². The highest BCUT2D eigenvalue weighted by atomic mass is 16.6. The molecule has 132 valence electrons. The van der Waals surface area contributed by atoms with Crippen molar-refractivity contribution in [2.24, 2.45) is 0 Å². The van der Waals surface area contributed by atoms with E-state index in [9.17, 15) is 19.2 Å². The largest absolute Gasteiger partial charge is 0.422 e. The lowest BCUT2D eigenvalue weighted by atomic mass is 10.2. The molecule has 0 aliphatic heterocycles. The zero-order chi connectivity index (χ0) is 19.0. The van der Waals surface area contributed by atoms with E-state index in [0.717, 1.165) is 0 Å². The summed E-state index contributed by atoms with van der Waals surface area (Å²) in [5.41, 5.74) is -2.21. The third-order valence-corrected chi connectivity index (χ3v) is 3.91. The SMILES string of the molecule is O=C(OC(=O)c1cc2ccccc2oc1=O)c1cc2ccccc2oc1=O.